The Morgan fingerprint density at radius 3 is 2.29 bits per heavy atom. The lowest BCUT2D eigenvalue weighted by Crippen LogP contribution is -2.63. The van der Waals surface area contributed by atoms with Gasteiger partial charge >= 0.3 is 0 Å². The number of likely N-dealkylation sites (N-methyl/N-ethyl adjacent to an activating group) is 1. The standard InChI is InChI=1S/C24H29N3O7/c1-9-6-13(26(2)3)11-7-10-8-12-17(27(4)5)20(30)16(23(25)33)22(32)24(12,34)21(31)14(10)19(29)15(11)18(9)28/h6,10,12,17,28,30-31,34H,7-8H2,1-5H3,(H2,25,33)/t10-,12-,17-,24-/m1/s1. The smallest absolute Gasteiger partial charge is 0.255 e. The number of Topliss-reactive ketones (excluding diaryl/α,β-unsaturated/α-hetero) is 2. The number of ketones is 2. The minimum Gasteiger partial charge on any atom is -0.510 e. The Kier molecular flexibility index (Phi) is 5.30. The topological polar surface area (TPSA) is 165 Å². The summed E-state index contributed by atoms with van der Waals surface area (Å²) in [6.07, 6.45) is 0.323. The number of benzene rings is 1. The van der Waals surface area contributed by atoms with Gasteiger partial charge in [0.2, 0.25) is 5.78 Å². The molecule has 4 atom stereocenters. The van der Waals surface area contributed by atoms with Crippen LogP contribution >= 0.6 is 0 Å². The van der Waals surface area contributed by atoms with E-state index >= 15 is 0 Å². The maximum absolute atomic E-state index is 13.6. The van der Waals surface area contributed by atoms with Crippen molar-refractivity contribution in [1.29, 1.82) is 0 Å². The van der Waals surface area contributed by atoms with Crippen LogP contribution in [0.15, 0.2) is 28.7 Å². The number of rotatable bonds is 3. The highest BCUT2D eigenvalue weighted by molar-refractivity contribution is 6.24. The summed E-state index contributed by atoms with van der Waals surface area (Å²) in [5, 5.41) is 44.4. The van der Waals surface area contributed by atoms with Crippen LogP contribution in [-0.4, -0.2) is 82.6 Å². The Hall–Kier alpha value is -3.37. The normalized spacial score (nSPS) is 28.6. The van der Waals surface area contributed by atoms with Crippen molar-refractivity contribution in [1.82, 2.24) is 4.90 Å². The molecule has 1 aromatic carbocycles. The zero-order chi connectivity index (χ0) is 25.4. The number of nitrogens with two attached hydrogens (primary N) is 1. The van der Waals surface area contributed by atoms with Gasteiger partial charge in [-0.25, -0.2) is 0 Å². The van der Waals surface area contributed by atoms with Gasteiger partial charge in [-0.1, -0.05) is 0 Å². The van der Waals surface area contributed by atoms with Crippen molar-refractivity contribution in [2.24, 2.45) is 17.6 Å². The average Bonchev–Trinajstić information content (AvgIpc) is 2.72. The van der Waals surface area contributed by atoms with Crippen molar-refractivity contribution in [3.05, 3.63) is 45.4 Å². The molecule has 0 saturated heterocycles. The quantitative estimate of drug-likeness (QED) is 0.395. The molecule has 0 radical (unpaired) electrons. The predicted molar refractivity (Wildman–Crippen MR) is 123 cm³/mol. The van der Waals surface area contributed by atoms with Gasteiger partial charge in [-0.15, -0.1) is 0 Å². The average molecular weight is 472 g/mol. The number of amides is 1. The number of phenols is 1. The molecule has 3 aliphatic carbocycles. The third-order valence-corrected chi connectivity index (χ3v) is 7.37. The highest BCUT2D eigenvalue weighted by Crippen LogP contribution is 2.53. The Morgan fingerprint density at radius 1 is 1.15 bits per heavy atom. The first-order valence-electron chi connectivity index (χ1n) is 10.9. The second-order valence-electron chi connectivity index (χ2n) is 9.77. The molecule has 6 N–H and O–H groups in total. The van der Waals surface area contributed by atoms with E-state index in [2.05, 4.69) is 0 Å². The summed E-state index contributed by atoms with van der Waals surface area (Å²) in [5.41, 5.74) is 3.54. The molecule has 10 heteroatoms. The van der Waals surface area contributed by atoms with E-state index in [9.17, 15) is 34.8 Å². The third-order valence-electron chi connectivity index (χ3n) is 7.37. The van der Waals surface area contributed by atoms with E-state index in [-0.39, 0.29) is 29.7 Å². The molecule has 0 heterocycles. The molecular weight excluding hydrogens is 442 g/mol. The number of carbonyl (C=O) groups is 3. The first-order chi connectivity index (χ1) is 15.7. The highest BCUT2D eigenvalue weighted by Gasteiger charge is 2.63. The van der Waals surface area contributed by atoms with Gasteiger partial charge in [0.15, 0.2) is 11.4 Å². The van der Waals surface area contributed by atoms with Crippen molar-refractivity contribution in [2.45, 2.75) is 31.4 Å². The number of phenolic OH excluding ortho intramolecular Hbond substituents is 1. The lowest BCUT2D eigenvalue weighted by molar-refractivity contribution is -0.148. The Balaban J connectivity index is 2.00. The Morgan fingerprint density at radius 2 is 1.76 bits per heavy atom. The number of aromatic hydroxyl groups is 1. The minimum atomic E-state index is -2.63. The number of aliphatic hydroxyl groups excluding tert-OH is 2. The summed E-state index contributed by atoms with van der Waals surface area (Å²) in [7, 11) is 6.82. The molecule has 34 heavy (non-hydrogen) atoms. The lowest BCUT2D eigenvalue weighted by Gasteiger charge is -2.50. The van der Waals surface area contributed by atoms with Gasteiger partial charge in [-0.05, 0) is 57.0 Å². The first kappa shape index (κ1) is 23.8. The fourth-order valence-electron chi connectivity index (χ4n) is 5.83. The van der Waals surface area contributed by atoms with Crippen LogP contribution < -0.4 is 10.6 Å². The molecule has 0 spiro atoms. The van der Waals surface area contributed by atoms with E-state index in [1.165, 1.54) is 4.90 Å². The molecule has 10 nitrogen and oxygen atoms in total. The van der Waals surface area contributed by atoms with Crippen LogP contribution in [0.3, 0.4) is 0 Å². The van der Waals surface area contributed by atoms with E-state index in [1.54, 1.807) is 27.1 Å². The van der Waals surface area contributed by atoms with Crippen LogP contribution in [0.4, 0.5) is 5.69 Å². The number of hydrogen-bond acceptors (Lipinski definition) is 9. The first-order valence-corrected chi connectivity index (χ1v) is 10.9. The number of aliphatic hydroxyl groups is 3. The summed E-state index contributed by atoms with van der Waals surface area (Å²) in [4.78, 5) is 42.3. The molecule has 0 aromatic heterocycles. The zero-order valence-electron chi connectivity index (χ0n) is 19.7. The van der Waals surface area contributed by atoms with Gasteiger partial charge in [0, 0.05) is 31.3 Å². The minimum absolute atomic E-state index is 0.0180. The Labute approximate surface area is 196 Å². The Bertz CT molecular complexity index is 1210. The van der Waals surface area contributed by atoms with Gasteiger partial charge in [-0.3, -0.25) is 19.3 Å². The van der Waals surface area contributed by atoms with E-state index < -0.39 is 58.0 Å². The summed E-state index contributed by atoms with van der Waals surface area (Å²) in [5.74, 6) is -6.48. The number of allylic oxidation sites excluding steroid dienone is 1. The molecule has 182 valence electrons. The zero-order valence-corrected chi connectivity index (χ0v) is 19.7. The van der Waals surface area contributed by atoms with E-state index in [0.29, 0.717) is 11.1 Å². The maximum atomic E-state index is 13.6. The molecule has 1 aromatic rings. The maximum Gasteiger partial charge on any atom is 0.255 e. The van der Waals surface area contributed by atoms with Crippen molar-refractivity contribution in [3.63, 3.8) is 0 Å². The van der Waals surface area contributed by atoms with E-state index in [1.807, 2.05) is 19.0 Å². The highest BCUT2D eigenvalue weighted by atomic mass is 16.3. The SMILES string of the molecule is Cc1cc(N(C)C)c2c(c1O)C(=O)C1=C(O)[C@@]3(O)C(=O)C(C(N)=O)=C(O)[C@H](N(C)C)[C@H]3C[C@H]1C2. The summed E-state index contributed by atoms with van der Waals surface area (Å²) in [6, 6.07) is 0.764. The van der Waals surface area contributed by atoms with Crippen LogP contribution in [0.25, 0.3) is 0 Å². The second-order valence-corrected chi connectivity index (χ2v) is 9.77. The summed E-state index contributed by atoms with van der Waals surface area (Å²) in [6.45, 7) is 1.65. The number of nitrogens with zero attached hydrogens (tertiary/aromatic N) is 2. The van der Waals surface area contributed by atoms with Gasteiger partial charge in [-0.2, -0.15) is 0 Å². The number of carbonyl (C=O) groups excluding carboxylic acids is 3. The van der Waals surface area contributed by atoms with Crippen LogP contribution in [0, 0.1) is 18.8 Å². The fraction of sp³-hybridized carbons (Fsp3) is 0.458. The molecule has 0 fully saturated rings. The number of primary amides is 1. The van der Waals surface area contributed by atoms with Gasteiger partial charge < -0.3 is 31.1 Å². The molecule has 4 rings (SSSR count). The van der Waals surface area contributed by atoms with Crippen LogP contribution in [-0.2, 0) is 16.0 Å². The van der Waals surface area contributed by atoms with E-state index in [0.717, 1.165) is 5.69 Å². The molecule has 3 aliphatic rings. The second kappa shape index (κ2) is 7.57. The summed E-state index contributed by atoms with van der Waals surface area (Å²) < 4.78 is 0. The van der Waals surface area contributed by atoms with Crippen LogP contribution in [0.2, 0.25) is 0 Å². The third kappa shape index (κ3) is 2.91. The molecule has 0 unspecified atom stereocenters. The summed E-state index contributed by atoms with van der Waals surface area (Å²) >= 11 is 0. The molecular formula is C24H29N3O7. The van der Waals surface area contributed by atoms with Crippen molar-refractivity contribution in [2.75, 3.05) is 33.1 Å². The number of hydrogen-bond donors (Lipinski definition) is 5. The fourth-order valence-corrected chi connectivity index (χ4v) is 5.83. The lowest BCUT2D eigenvalue weighted by atomic mass is 9.58. The predicted octanol–water partition coefficient (Wildman–Crippen LogP) is 0.495. The molecule has 1 amide bonds. The van der Waals surface area contributed by atoms with Gasteiger partial charge in [0.1, 0.15) is 22.8 Å². The monoisotopic (exact) mass is 471 g/mol. The van der Waals surface area contributed by atoms with Crippen molar-refractivity contribution >= 4 is 23.2 Å². The number of fused-ring (bicyclic) bond motifs is 3. The molecule has 0 bridgehead atoms. The largest absolute Gasteiger partial charge is 0.510 e. The molecule has 0 aliphatic heterocycles. The van der Waals surface area contributed by atoms with Gasteiger partial charge in [0.05, 0.1) is 11.6 Å². The number of anilines is 1. The van der Waals surface area contributed by atoms with Crippen LogP contribution in [0.1, 0.15) is 27.9 Å². The molecule has 0 saturated carbocycles. The van der Waals surface area contributed by atoms with Crippen molar-refractivity contribution in [3.8, 4) is 5.75 Å². The van der Waals surface area contributed by atoms with Crippen molar-refractivity contribution < 1.29 is 34.8 Å². The van der Waals surface area contributed by atoms with Gasteiger partial charge in [0.25, 0.3) is 5.91 Å². The van der Waals surface area contributed by atoms with Crippen LogP contribution in [0.5, 0.6) is 5.75 Å². The number of aryl methyl sites for hydroxylation is 1. The van der Waals surface area contributed by atoms with E-state index in [4.69, 9.17) is 5.73 Å².